The van der Waals surface area contributed by atoms with Gasteiger partial charge in [0.05, 0.1) is 58.5 Å². The molecule has 7 N–H and O–H groups in total. The number of rotatable bonds is 9. The van der Waals surface area contributed by atoms with Crippen molar-refractivity contribution in [3.63, 3.8) is 0 Å². The fourth-order valence-electron chi connectivity index (χ4n) is 3.00. The third-order valence-corrected chi connectivity index (χ3v) is 4.72. The number of hydrogen-bond acceptors (Lipinski definition) is 10. The summed E-state index contributed by atoms with van der Waals surface area (Å²) in [7, 11) is 6.44. The van der Waals surface area contributed by atoms with Crippen LogP contribution in [-0.4, -0.2) is 56.5 Å². The van der Waals surface area contributed by atoms with Crippen molar-refractivity contribution in [3.05, 3.63) is 48.2 Å². The Morgan fingerprint density at radius 2 is 1.41 bits per heavy atom. The standard InChI is InChI=1S/C12H15N3O2.C8H12N2O2.C6H11NO2.ClH/c1-8-4-12(13)15(14-8)9-5-10(16-2)7-11(6-9)17-3;1-11-7-3-6(10-9)4-8(5-7)12-2;1-3-9-6(7)4-5(2)8;/h4-7H,13H2,1-3H3;3-5,10H,9H2,1-2H3;7H,3-4H2,1-2H3;1H. The van der Waals surface area contributed by atoms with E-state index in [0.29, 0.717) is 23.9 Å². The lowest BCUT2D eigenvalue weighted by atomic mass is 10.3. The summed E-state index contributed by atoms with van der Waals surface area (Å²) in [4.78, 5) is 10.3. The van der Waals surface area contributed by atoms with Crippen LogP contribution >= 0.6 is 0 Å². The number of aromatic nitrogens is 2. The molecule has 0 amide bonds. The van der Waals surface area contributed by atoms with Crippen molar-refractivity contribution in [2.24, 2.45) is 0 Å². The second-order valence-corrected chi connectivity index (χ2v) is 7.71. The van der Waals surface area contributed by atoms with Crippen molar-refractivity contribution < 1.29 is 46.7 Å². The molecule has 3 rings (SSSR count). The molecule has 216 valence electrons. The lowest BCUT2D eigenvalue weighted by Gasteiger charge is -2.09. The number of carbonyl (C=O) groups is 1. The van der Waals surface area contributed by atoms with Crippen LogP contribution < -0.4 is 48.4 Å². The maximum absolute atomic E-state index is 10.3. The average Bonchev–Trinajstić information content (AvgIpc) is 3.25. The third-order valence-electron chi connectivity index (χ3n) is 4.72. The molecule has 0 saturated heterocycles. The van der Waals surface area contributed by atoms with E-state index in [0.717, 1.165) is 28.6 Å². The van der Waals surface area contributed by atoms with Crippen LogP contribution in [0, 0.1) is 12.3 Å². The molecule has 0 spiro atoms. The van der Waals surface area contributed by atoms with Gasteiger partial charge in [-0.15, -0.1) is 0 Å². The number of Topliss-reactive ketones (excluding diaryl/α,β-unsaturated/α-hetero) is 1. The summed E-state index contributed by atoms with van der Waals surface area (Å²) in [5.41, 5.74) is 11.2. The van der Waals surface area contributed by atoms with Gasteiger partial charge in [-0.1, -0.05) is 0 Å². The zero-order chi connectivity index (χ0) is 28.7. The molecule has 0 radical (unpaired) electrons. The Hall–Kier alpha value is -4.16. The zero-order valence-electron chi connectivity index (χ0n) is 23.5. The van der Waals surface area contributed by atoms with Gasteiger partial charge in [-0.3, -0.25) is 16.0 Å². The Labute approximate surface area is 235 Å². The molecule has 0 aliphatic rings. The summed E-state index contributed by atoms with van der Waals surface area (Å²) in [6.07, 6.45) is 0.119. The van der Waals surface area contributed by atoms with E-state index < -0.39 is 0 Å². The smallest absolute Gasteiger partial charge is 0.187 e. The van der Waals surface area contributed by atoms with Crippen LogP contribution in [0.2, 0.25) is 0 Å². The van der Waals surface area contributed by atoms with Gasteiger partial charge < -0.3 is 41.8 Å². The molecule has 0 saturated carbocycles. The first-order valence-corrected chi connectivity index (χ1v) is 11.6. The predicted octanol–water partition coefficient (Wildman–Crippen LogP) is 0.0360. The van der Waals surface area contributed by atoms with Crippen molar-refractivity contribution in [3.8, 4) is 28.7 Å². The highest BCUT2D eigenvalue weighted by Gasteiger charge is 2.08. The largest absolute Gasteiger partial charge is 1.00 e. The molecule has 0 bridgehead atoms. The number of nitrogens with two attached hydrogens (primary N) is 1. The fourth-order valence-corrected chi connectivity index (χ4v) is 3.00. The van der Waals surface area contributed by atoms with Gasteiger partial charge in [0, 0.05) is 42.5 Å². The van der Waals surface area contributed by atoms with Crippen molar-refractivity contribution in [1.29, 1.82) is 5.41 Å². The molecule has 0 fully saturated rings. The number of ketones is 1. The zero-order valence-corrected chi connectivity index (χ0v) is 24.2. The van der Waals surface area contributed by atoms with Crippen LogP contribution in [0.25, 0.3) is 5.69 Å². The number of ether oxygens (including phenoxy) is 5. The fraction of sp³-hybridized carbons (Fsp3) is 0.346. The Morgan fingerprint density at radius 3 is 1.74 bits per heavy atom. The maximum atomic E-state index is 10.3. The third kappa shape index (κ3) is 12.3. The number of nitrogens with zero attached hydrogens (tertiary/aromatic N) is 2. The maximum Gasteiger partial charge on any atom is 0.187 e. The SMILES string of the molecule is CCOC(=N)CC(C)=O.COc1cc(N[NH3+])cc(OC)c1.COc1cc(OC)cc(-n2nc(C)cc2N)c1.[Cl-]. The number of anilines is 2. The Morgan fingerprint density at radius 1 is 0.949 bits per heavy atom. The number of hydrogen-bond donors (Lipinski definition) is 4. The number of nitrogen functional groups attached to an aromatic ring is 1. The monoisotopic (exact) mass is 566 g/mol. The first kappa shape index (κ1) is 34.8. The van der Waals surface area contributed by atoms with E-state index in [9.17, 15) is 4.79 Å². The van der Waals surface area contributed by atoms with Gasteiger partial charge in [0.15, 0.2) is 5.90 Å². The number of methoxy groups -OCH3 is 4. The number of quaternary nitrogens is 1. The van der Waals surface area contributed by atoms with E-state index in [1.807, 2.05) is 37.3 Å². The molecule has 1 aromatic heterocycles. The summed E-state index contributed by atoms with van der Waals surface area (Å²) in [6, 6.07) is 12.8. The number of nitrogens with one attached hydrogen (secondary N) is 2. The van der Waals surface area contributed by atoms with Crippen LogP contribution in [0.5, 0.6) is 23.0 Å². The molecule has 2 aromatic carbocycles. The molecular formula is C26H39ClN6O6. The average molecular weight is 567 g/mol. The van der Waals surface area contributed by atoms with E-state index in [2.05, 4.69) is 16.4 Å². The molecule has 12 nitrogen and oxygen atoms in total. The second-order valence-electron chi connectivity index (χ2n) is 7.71. The summed E-state index contributed by atoms with van der Waals surface area (Å²) in [6.45, 7) is 5.58. The minimum absolute atomic E-state index is 0. The topological polar surface area (TPSA) is 171 Å². The second kappa shape index (κ2) is 18.2. The van der Waals surface area contributed by atoms with Crippen molar-refractivity contribution in [2.45, 2.75) is 27.2 Å². The number of aryl methyl sites for hydroxylation is 1. The van der Waals surface area contributed by atoms with Gasteiger partial charge in [0.25, 0.3) is 0 Å². The number of carbonyl (C=O) groups excluding carboxylic acids is 1. The van der Waals surface area contributed by atoms with E-state index in [1.165, 1.54) is 6.92 Å². The Kier molecular flexibility index (Phi) is 16.2. The molecule has 0 unspecified atom stereocenters. The van der Waals surface area contributed by atoms with E-state index in [1.54, 1.807) is 52.2 Å². The molecule has 39 heavy (non-hydrogen) atoms. The molecule has 1 heterocycles. The van der Waals surface area contributed by atoms with Gasteiger partial charge in [0.2, 0.25) is 0 Å². The van der Waals surface area contributed by atoms with Crippen molar-refractivity contribution in [2.75, 3.05) is 46.2 Å². The minimum atomic E-state index is -0.0338. The van der Waals surface area contributed by atoms with Crippen LogP contribution in [0.4, 0.5) is 11.5 Å². The highest BCUT2D eigenvalue weighted by atomic mass is 35.5. The van der Waals surface area contributed by atoms with E-state index in [4.69, 9.17) is 34.8 Å². The number of halogens is 1. The van der Waals surface area contributed by atoms with Crippen LogP contribution in [0.15, 0.2) is 42.5 Å². The van der Waals surface area contributed by atoms with Gasteiger partial charge in [-0.25, -0.2) is 10.1 Å². The van der Waals surface area contributed by atoms with Gasteiger partial charge in [-0.05, 0) is 20.8 Å². The molecule has 0 atom stereocenters. The van der Waals surface area contributed by atoms with Gasteiger partial charge >= 0.3 is 0 Å². The van der Waals surface area contributed by atoms with Crippen LogP contribution in [0.1, 0.15) is 26.0 Å². The molecule has 0 aliphatic carbocycles. The lowest BCUT2D eigenvalue weighted by molar-refractivity contribution is -0.325. The number of benzene rings is 2. The summed E-state index contributed by atoms with van der Waals surface area (Å²) >= 11 is 0. The Balaban J connectivity index is 0.000000581. The molecule has 3 aromatic rings. The highest BCUT2D eigenvalue weighted by molar-refractivity contribution is 5.95. The molecule has 0 aliphatic heterocycles. The summed E-state index contributed by atoms with van der Waals surface area (Å²) < 4.78 is 26.9. The molecule has 13 heteroatoms. The summed E-state index contributed by atoms with van der Waals surface area (Å²) in [5.74, 6) is 7.06. The van der Waals surface area contributed by atoms with Crippen LogP contribution in [-0.2, 0) is 9.53 Å². The minimum Gasteiger partial charge on any atom is -1.00 e. The van der Waals surface area contributed by atoms with Gasteiger partial charge in [-0.2, -0.15) is 5.10 Å². The quantitative estimate of drug-likeness (QED) is 0.158. The predicted molar refractivity (Wildman–Crippen MR) is 147 cm³/mol. The van der Waals surface area contributed by atoms with Crippen LogP contribution in [0.3, 0.4) is 0 Å². The first-order chi connectivity index (χ1) is 18.1. The van der Waals surface area contributed by atoms with E-state index >= 15 is 0 Å². The lowest BCUT2D eigenvalue weighted by Crippen LogP contribution is -3.00. The highest BCUT2D eigenvalue weighted by Crippen LogP contribution is 2.26. The van der Waals surface area contributed by atoms with Crippen molar-refractivity contribution in [1.82, 2.24) is 9.78 Å². The van der Waals surface area contributed by atoms with E-state index in [-0.39, 0.29) is 30.5 Å². The molecular weight excluding hydrogens is 528 g/mol. The Bertz CT molecular complexity index is 1110. The first-order valence-electron chi connectivity index (χ1n) is 11.6. The normalized spacial score (nSPS) is 9.33. The van der Waals surface area contributed by atoms with Crippen molar-refractivity contribution >= 4 is 23.2 Å². The summed E-state index contributed by atoms with van der Waals surface area (Å²) in [5, 5.41) is 11.3. The van der Waals surface area contributed by atoms with Gasteiger partial charge in [0.1, 0.15) is 34.6 Å².